The van der Waals surface area contributed by atoms with Crippen molar-refractivity contribution >= 4 is 11.0 Å². The predicted molar refractivity (Wildman–Crippen MR) is 165 cm³/mol. The lowest BCUT2D eigenvalue weighted by Crippen LogP contribution is -2.25. The van der Waals surface area contributed by atoms with Gasteiger partial charge in [-0.05, 0) is 61.3 Å². The van der Waals surface area contributed by atoms with Crippen molar-refractivity contribution in [1.82, 2.24) is 14.9 Å². The van der Waals surface area contributed by atoms with Gasteiger partial charge < -0.3 is 25.1 Å². The molecule has 212 valence electrons. The van der Waals surface area contributed by atoms with Crippen LogP contribution in [0, 0.1) is 0 Å². The quantitative estimate of drug-likeness (QED) is 0.174. The number of nitrogens with two attached hydrogens (primary N) is 1. The summed E-state index contributed by atoms with van der Waals surface area (Å²) in [6.45, 7) is 16.8. The molecule has 6 nitrogen and oxygen atoms in total. The fourth-order valence-corrected chi connectivity index (χ4v) is 4.11. The number of nitrogens with zero attached hydrogens (tertiary/aromatic N) is 2. The minimum Gasteiger partial charge on any atom is -0.493 e. The molecule has 3 aromatic carbocycles. The number of nitrogens with one attached hydrogen (secondary N) is 1. The fraction of sp³-hybridized carbons (Fsp3) is 0.424. The summed E-state index contributed by atoms with van der Waals surface area (Å²) >= 11 is 0. The van der Waals surface area contributed by atoms with Crippen LogP contribution >= 0.6 is 0 Å². The third-order valence-corrected chi connectivity index (χ3v) is 6.23. The standard InChI is InChI=1S/C29H36N4O2.2C2H6/c1-3-33(4-2)17-8-18-34-25-15-16-27-28(20-25)32-29(31-27)26(30)19-22-11-13-24(14-12-22)35-21-23-9-6-5-7-10-23;2*1-2/h5-7,9-16,20,26H,3-4,8,17-19,21,30H2,1-2H3,(H,31,32);2*1-2H3. The molecule has 0 fully saturated rings. The largest absolute Gasteiger partial charge is 0.493 e. The number of hydrogen-bond acceptors (Lipinski definition) is 5. The molecule has 0 saturated heterocycles. The molecule has 1 aromatic heterocycles. The number of ether oxygens (including phenoxy) is 2. The third kappa shape index (κ3) is 10.4. The van der Waals surface area contributed by atoms with Gasteiger partial charge >= 0.3 is 0 Å². The van der Waals surface area contributed by atoms with E-state index in [-0.39, 0.29) is 6.04 Å². The van der Waals surface area contributed by atoms with Crippen molar-refractivity contribution in [3.63, 3.8) is 0 Å². The molecule has 1 unspecified atom stereocenters. The highest BCUT2D eigenvalue weighted by molar-refractivity contribution is 5.76. The van der Waals surface area contributed by atoms with E-state index in [0.29, 0.717) is 19.6 Å². The maximum atomic E-state index is 6.49. The Morgan fingerprint density at radius 1 is 0.821 bits per heavy atom. The van der Waals surface area contributed by atoms with Gasteiger partial charge in [-0.15, -0.1) is 0 Å². The average molecular weight is 533 g/mol. The van der Waals surface area contributed by atoms with E-state index in [0.717, 1.165) is 65.5 Å². The number of rotatable bonds is 13. The Balaban J connectivity index is 0.00000127. The van der Waals surface area contributed by atoms with Gasteiger partial charge in [0.05, 0.1) is 23.7 Å². The Morgan fingerprint density at radius 2 is 1.49 bits per heavy atom. The van der Waals surface area contributed by atoms with Crippen LogP contribution in [-0.2, 0) is 13.0 Å². The lowest BCUT2D eigenvalue weighted by molar-refractivity contribution is 0.249. The molecule has 0 aliphatic carbocycles. The van der Waals surface area contributed by atoms with Crippen LogP contribution in [0.15, 0.2) is 72.8 Å². The van der Waals surface area contributed by atoms with Crippen LogP contribution in [-0.4, -0.2) is 41.1 Å². The van der Waals surface area contributed by atoms with E-state index < -0.39 is 0 Å². The summed E-state index contributed by atoms with van der Waals surface area (Å²) in [4.78, 5) is 10.5. The lowest BCUT2D eigenvalue weighted by Gasteiger charge is -2.17. The normalized spacial score (nSPS) is 11.3. The van der Waals surface area contributed by atoms with Crippen molar-refractivity contribution in [3.8, 4) is 11.5 Å². The van der Waals surface area contributed by atoms with Crippen LogP contribution in [0.1, 0.15) is 71.0 Å². The van der Waals surface area contributed by atoms with Gasteiger partial charge in [0.25, 0.3) is 0 Å². The van der Waals surface area contributed by atoms with E-state index in [9.17, 15) is 0 Å². The fourth-order valence-electron chi connectivity index (χ4n) is 4.11. The first-order chi connectivity index (χ1) is 19.1. The molecule has 1 atom stereocenters. The monoisotopic (exact) mass is 532 g/mol. The second-order valence-electron chi connectivity index (χ2n) is 8.76. The van der Waals surface area contributed by atoms with Gasteiger partial charge in [0, 0.05) is 12.6 Å². The number of H-pyrrole nitrogens is 1. The molecule has 3 N–H and O–H groups in total. The van der Waals surface area contributed by atoms with Crippen LogP contribution < -0.4 is 15.2 Å². The van der Waals surface area contributed by atoms with E-state index in [4.69, 9.17) is 20.2 Å². The zero-order valence-electron chi connectivity index (χ0n) is 24.7. The molecule has 0 saturated carbocycles. The van der Waals surface area contributed by atoms with Gasteiger partial charge in [0.1, 0.15) is 23.9 Å². The summed E-state index contributed by atoms with van der Waals surface area (Å²) in [5, 5.41) is 0. The van der Waals surface area contributed by atoms with Crippen LogP contribution in [0.3, 0.4) is 0 Å². The van der Waals surface area contributed by atoms with Gasteiger partial charge in [-0.3, -0.25) is 0 Å². The molecule has 0 spiro atoms. The first kappa shape index (κ1) is 31.9. The van der Waals surface area contributed by atoms with Crippen LogP contribution in [0.5, 0.6) is 11.5 Å². The van der Waals surface area contributed by atoms with Crippen molar-refractivity contribution in [2.24, 2.45) is 5.73 Å². The Bertz CT molecular complexity index is 1170. The molecule has 4 rings (SSSR count). The maximum Gasteiger partial charge on any atom is 0.124 e. The zero-order chi connectivity index (χ0) is 28.5. The van der Waals surface area contributed by atoms with Crippen molar-refractivity contribution in [2.75, 3.05) is 26.2 Å². The van der Waals surface area contributed by atoms with Gasteiger partial charge in [-0.2, -0.15) is 0 Å². The first-order valence-corrected chi connectivity index (χ1v) is 14.5. The minimum atomic E-state index is -0.225. The highest BCUT2D eigenvalue weighted by Gasteiger charge is 2.13. The Labute approximate surface area is 235 Å². The minimum absolute atomic E-state index is 0.225. The predicted octanol–water partition coefficient (Wildman–Crippen LogP) is 7.55. The number of aromatic nitrogens is 2. The van der Waals surface area contributed by atoms with Crippen LogP contribution in [0.4, 0.5) is 0 Å². The van der Waals surface area contributed by atoms with Gasteiger partial charge in [0.15, 0.2) is 0 Å². The molecule has 0 aliphatic heterocycles. The third-order valence-electron chi connectivity index (χ3n) is 6.23. The van der Waals surface area contributed by atoms with Gasteiger partial charge in [0.2, 0.25) is 0 Å². The number of hydrogen-bond donors (Lipinski definition) is 2. The molecule has 0 bridgehead atoms. The zero-order valence-corrected chi connectivity index (χ0v) is 24.7. The molecular weight excluding hydrogens is 484 g/mol. The van der Waals surface area contributed by atoms with E-state index in [2.05, 4.69) is 48.0 Å². The SMILES string of the molecule is CC.CC.CCN(CC)CCCOc1ccc2nc(C(N)Cc3ccc(OCc4ccccc4)cc3)[nH]c2c1. The maximum absolute atomic E-state index is 6.49. The number of imidazole rings is 1. The molecule has 0 aliphatic rings. The molecule has 0 amide bonds. The molecule has 6 heteroatoms. The molecule has 0 radical (unpaired) electrons. The van der Waals surface area contributed by atoms with Crippen molar-refractivity contribution in [1.29, 1.82) is 0 Å². The summed E-state index contributed by atoms with van der Waals surface area (Å²) in [5.74, 6) is 2.48. The van der Waals surface area contributed by atoms with Crippen molar-refractivity contribution in [2.45, 2.75) is 67.0 Å². The summed E-state index contributed by atoms with van der Waals surface area (Å²) in [6.07, 6.45) is 1.70. The molecule has 39 heavy (non-hydrogen) atoms. The summed E-state index contributed by atoms with van der Waals surface area (Å²) in [5.41, 5.74) is 10.6. The van der Waals surface area contributed by atoms with Crippen molar-refractivity contribution < 1.29 is 9.47 Å². The van der Waals surface area contributed by atoms with Gasteiger partial charge in [-0.1, -0.05) is 84.0 Å². The topological polar surface area (TPSA) is 76.4 Å². The molecular formula is C33H48N4O2. The Kier molecular flexibility index (Phi) is 14.7. The number of benzene rings is 3. The highest BCUT2D eigenvalue weighted by Crippen LogP contribution is 2.23. The van der Waals surface area contributed by atoms with Crippen molar-refractivity contribution in [3.05, 3.63) is 89.7 Å². The second-order valence-corrected chi connectivity index (χ2v) is 8.76. The Morgan fingerprint density at radius 3 is 2.15 bits per heavy atom. The first-order valence-electron chi connectivity index (χ1n) is 14.5. The van der Waals surface area contributed by atoms with E-state index in [1.807, 2.05) is 76.2 Å². The highest BCUT2D eigenvalue weighted by atomic mass is 16.5. The van der Waals surface area contributed by atoms with Crippen LogP contribution in [0.25, 0.3) is 11.0 Å². The second kappa shape index (κ2) is 18.0. The number of fused-ring (bicyclic) bond motifs is 1. The number of aromatic amines is 1. The molecule has 1 heterocycles. The molecule has 4 aromatic rings. The summed E-state index contributed by atoms with van der Waals surface area (Å²) in [6, 6.07) is 24.0. The Hall–Kier alpha value is -3.35. The summed E-state index contributed by atoms with van der Waals surface area (Å²) < 4.78 is 11.8. The van der Waals surface area contributed by atoms with Gasteiger partial charge in [-0.25, -0.2) is 4.98 Å². The smallest absolute Gasteiger partial charge is 0.124 e. The lowest BCUT2D eigenvalue weighted by atomic mass is 10.1. The van der Waals surface area contributed by atoms with E-state index in [1.165, 1.54) is 0 Å². The summed E-state index contributed by atoms with van der Waals surface area (Å²) in [7, 11) is 0. The van der Waals surface area contributed by atoms with E-state index in [1.54, 1.807) is 0 Å². The van der Waals surface area contributed by atoms with E-state index >= 15 is 0 Å². The van der Waals surface area contributed by atoms with Crippen LogP contribution in [0.2, 0.25) is 0 Å². The average Bonchev–Trinajstić information content (AvgIpc) is 3.43.